The zero-order chi connectivity index (χ0) is 24.0. The Kier molecular flexibility index (Phi) is 5.36. The van der Waals surface area contributed by atoms with E-state index in [-0.39, 0.29) is 24.4 Å². The number of carbonyl (C=O) groups excluding carboxylic acids is 2. The summed E-state index contributed by atoms with van der Waals surface area (Å²) in [5, 5.41) is 4.02. The van der Waals surface area contributed by atoms with E-state index < -0.39 is 0 Å². The van der Waals surface area contributed by atoms with E-state index in [1.165, 1.54) is 0 Å². The number of aromatic nitrogens is 1. The normalized spacial score (nSPS) is 15.0. The number of rotatable bonds is 5. The van der Waals surface area contributed by atoms with Crippen LogP contribution in [0.15, 0.2) is 66.7 Å². The van der Waals surface area contributed by atoms with E-state index in [1.807, 2.05) is 92.2 Å². The Morgan fingerprint density at radius 3 is 2.50 bits per heavy atom. The molecule has 1 N–H and O–H groups in total. The molecule has 0 aliphatic carbocycles. The molecule has 34 heavy (non-hydrogen) atoms. The van der Waals surface area contributed by atoms with Gasteiger partial charge < -0.3 is 19.5 Å². The zero-order valence-electron chi connectivity index (χ0n) is 19.8. The maximum atomic E-state index is 13.7. The molecule has 1 aliphatic rings. The highest BCUT2D eigenvalue weighted by Gasteiger charge is 2.42. The lowest BCUT2D eigenvalue weighted by atomic mass is 9.98. The van der Waals surface area contributed by atoms with Crippen LogP contribution in [-0.4, -0.2) is 34.9 Å². The lowest BCUT2D eigenvalue weighted by Crippen LogP contribution is -2.37. The third kappa shape index (κ3) is 3.52. The molecule has 6 nitrogen and oxygen atoms in total. The van der Waals surface area contributed by atoms with Gasteiger partial charge in [0.1, 0.15) is 18.0 Å². The standard InChI is InChI=1S/C28H27N3O3/c1-17-9-10-18(2)22(15-17)29-24(32)16-31-26(19-11-13-20(34-4)14-12-19)25-21-7-5-6-8-23(21)30(3)27(25)28(31)33/h5-15,26H,16H2,1-4H3,(H,29,32)/t26-/m0/s1. The first-order valence-corrected chi connectivity index (χ1v) is 11.3. The van der Waals surface area contributed by atoms with Gasteiger partial charge in [0.05, 0.1) is 13.2 Å². The van der Waals surface area contributed by atoms with Crippen LogP contribution in [0.2, 0.25) is 0 Å². The van der Waals surface area contributed by atoms with Crippen LogP contribution in [0.3, 0.4) is 0 Å². The van der Waals surface area contributed by atoms with Crippen molar-refractivity contribution in [1.29, 1.82) is 0 Å². The van der Waals surface area contributed by atoms with Crippen LogP contribution in [0.25, 0.3) is 10.9 Å². The number of aryl methyl sites for hydroxylation is 3. The van der Waals surface area contributed by atoms with Crippen LogP contribution in [0.5, 0.6) is 5.75 Å². The van der Waals surface area contributed by atoms with E-state index in [0.717, 1.165) is 44.6 Å². The quantitative estimate of drug-likeness (QED) is 0.463. The number of carbonyl (C=O) groups is 2. The van der Waals surface area contributed by atoms with E-state index in [4.69, 9.17) is 4.74 Å². The Balaban J connectivity index is 1.56. The van der Waals surface area contributed by atoms with Crippen molar-refractivity contribution < 1.29 is 14.3 Å². The van der Waals surface area contributed by atoms with Crippen molar-refractivity contribution >= 4 is 28.4 Å². The topological polar surface area (TPSA) is 63.6 Å². The van der Waals surface area contributed by atoms with Crippen LogP contribution < -0.4 is 10.1 Å². The molecule has 6 heteroatoms. The average molecular weight is 454 g/mol. The second-order valence-corrected chi connectivity index (χ2v) is 8.81. The minimum atomic E-state index is -0.371. The van der Waals surface area contributed by atoms with E-state index in [2.05, 4.69) is 5.32 Å². The SMILES string of the molecule is COc1ccc([C@H]2c3c(n(C)c4ccccc34)C(=O)N2CC(=O)Nc2cc(C)ccc2C)cc1. The van der Waals surface area contributed by atoms with Crippen LogP contribution in [0, 0.1) is 13.8 Å². The van der Waals surface area contributed by atoms with Crippen molar-refractivity contribution in [2.24, 2.45) is 7.05 Å². The molecule has 2 heterocycles. The molecule has 5 rings (SSSR count). The van der Waals surface area contributed by atoms with E-state index >= 15 is 0 Å². The van der Waals surface area contributed by atoms with Gasteiger partial charge in [-0.05, 0) is 54.8 Å². The first-order chi connectivity index (χ1) is 16.4. The van der Waals surface area contributed by atoms with Gasteiger partial charge in [-0.3, -0.25) is 9.59 Å². The predicted molar refractivity (Wildman–Crippen MR) is 133 cm³/mol. The molecule has 0 bridgehead atoms. The summed E-state index contributed by atoms with van der Waals surface area (Å²) in [5.74, 6) is 0.369. The Morgan fingerprint density at radius 1 is 1.03 bits per heavy atom. The van der Waals surface area contributed by atoms with Crippen molar-refractivity contribution in [1.82, 2.24) is 9.47 Å². The summed E-state index contributed by atoms with van der Waals surface area (Å²) >= 11 is 0. The Hall–Kier alpha value is -4.06. The molecule has 2 amide bonds. The first-order valence-electron chi connectivity index (χ1n) is 11.3. The van der Waals surface area contributed by atoms with Crippen molar-refractivity contribution in [2.75, 3.05) is 19.0 Å². The number of nitrogens with zero attached hydrogens (tertiary/aromatic N) is 2. The third-order valence-electron chi connectivity index (χ3n) is 6.61. The van der Waals surface area contributed by atoms with Crippen LogP contribution >= 0.6 is 0 Å². The van der Waals surface area contributed by atoms with Crippen molar-refractivity contribution in [3.63, 3.8) is 0 Å². The number of amides is 2. The summed E-state index contributed by atoms with van der Waals surface area (Å²) in [4.78, 5) is 28.5. The molecule has 172 valence electrons. The highest BCUT2D eigenvalue weighted by atomic mass is 16.5. The predicted octanol–water partition coefficient (Wildman–Crippen LogP) is 4.99. The van der Waals surface area contributed by atoms with E-state index in [1.54, 1.807) is 12.0 Å². The molecule has 3 aromatic carbocycles. The van der Waals surface area contributed by atoms with E-state index in [9.17, 15) is 9.59 Å². The molecule has 1 atom stereocenters. The summed E-state index contributed by atoms with van der Waals surface area (Å²) in [6.45, 7) is 3.89. The number of para-hydroxylation sites is 1. The summed E-state index contributed by atoms with van der Waals surface area (Å²) in [7, 11) is 3.53. The maximum Gasteiger partial charge on any atom is 0.272 e. The monoisotopic (exact) mass is 453 g/mol. The molecule has 0 unspecified atom stereocenters. The lowest BCUT2D eigenvalue weighted by molar-refractivity contribution is -0.117. The number of fused-ring (bicyclic) bond motifs is 3. The van der Waals surface area contributed by atoms with Crippen molar-refractivity contribution in [3.05, 3.63) is 94.7 Å². The van der Waals surface area contributed by atoms with Gasteiger partial charge in [-0.2, -0.15) is 0 Å². The molecule has 0 saturated heterocycles. The van der Waals surface area contributed by atoms with E-state index in [0.29, 0.717) is 5.69 Å². The fourth-order valence-electron chi connectivity index (χ4n) is 4.88. The largest absolute Gasteiger partial charge is 0.497 e. The van der Waals surface area contributed by atoms with Crippen molar-refractivity contribution in [2.45, 2.75) is 19.9 Å². The van der Waals surface area contributed by atoms with Crippen LogP contribution in [-0.2, 0) is 11.8 Å². The first kappa shape index (κ1) is 21.8. The summed E-state index contributed by atoms with van der Waals surface area (Å²) in [6, 6.07) is 21.3. The zero-order valence-corrected chi connectivity index (χ0v) is 19.8. The fourth-order valence-corrected chi connectivity index (χ4v) is 4.88. The van der Waals surface area contributed by atoms with Gasteiger partial charge in [0.15, 0.2) is 0 Å². The fraction of sp³-hybridized carbons (Fsp3) is 0.214. The minimum Gasteiger partial charge on any atom is -0.497 e. The van der Waals surface area contributed by atoms with Gasteiger partial charge in [0.2, 0.25) is 5.91 Å². The number of methoxy groups -OCH3 is 1. The highest BCUT2D eigenvalue weighted by molar-refractivity contribution is 6.08. The number of benzene rings is 3. The summed E-state index contributed by atoms with van der Waals surface area (Å²) in [6.07, 6.45) is 0. The Morgan fingerprint density at radius 2 is 1.76 bits per heavy atom. The number of anilines is 1. The average Bonchev–Trinajstić information content (AvgIpc) is 3.29. The highest BCUT2D eigenvalue weighted by Crippen LogP contribution is 2.44. The minimum absolute atomic E-state index is 0.0497. The summed E-state index contributed by atoms with van der Waals surface area (Å²) in [5.41, 5.74) is 6.30. The van der Waals surface area contributed by atoms with Crippen molar-refractivity contribution in [3.8, 4) is 5.75 Å². The molecule has 1 aromatic heterocycles. The molecular formula is C28H27N3O3. The number of hydrogen-bond donors (Lipinski definition) is 1. The molecule has 0 spiro atoms. The second kappa shape index (κ2) is 8.37. The van der Waals surface area contributed by atoms with Gasteiger partial charge in [-0.1, -0.05) is 42.5 Å². The van der Waals surface area contributed by atoms with Crippen LogP contribution in [0.4, 0.5) is 5.69 Å². The van der Waals surface area contributed by atoms with Gasteiger partial charge in [-0.15, -0.1) is 0 Å². The molecule has 0 saturated carbocycles. The molecular weight excluding hydrogens is 426 g/mol. The van der Waals surface area contributed by atoms with Gasteiger partial charge in [0.25, 0.3) is 5.91 Å². The molecule has 0 fully saturated rings. The summed E-state index contributed by atoms with van der Waals surface area (Å²) < 4.78 is 7.26. The third-order valence-corrected chi connectivity index (χ3v) is 6.61. The Bertz CT molecular complexity index is 1420. The molecule has 0 radical (unpaired) electrons. The number of ether oxygens (including phenoxy) is 1. The molecule has 4 aromatic rings. The Labute approximate surface area is 198 Å². The smallest absolute Gasteiger partial charge is 0.272 e. The number of nitrogens with one attached hydrogen (secondary N) is 1. The number of hydrogen-bond acceptors (Lipinski definition) is 3. The second-order valence-electron chi connectivity index (χ2n) is 8.81. The molecule has 1 aliphatic heterocycles. The lowest BCUT2D eigenvalue weighted by Gasteiger charge is -2.26. The maximum absolute atomic E-state index is 13.7. The van der Waals surface area contributed by atoms with Gasteiger partial charge >= 0.3 is 0 Å². The van der Waals surface area contributed by atoms with Gasteiger partial charge in [0, 0.05) is 29.2 Å². The van der Waals surface area contributed by atoms with Crippen LogP contribution in [0.1, 0.15) is 38.8 Å². The van der Waals surface area contributed by atoms with Gasteiger partial charge in [-0.25, -0.2) is 0 Å².